The van der Waals surface area contributed by atoms with Gasteiger partial charge in [-0.15, -0.1) is 0 Å². The molecule has 0 fully saturated rings. The van der Waals surface area contributed by atoms with Crippen LogP contribution in [0.2, 0.25) is 10.0 Å². The number of hydrogen-bond donors (Lipinski definition) is 1. The molecule has 0 spiro atoms. The minimum Gasteiger partial charge on any atom is -0.321 e. The van der Waals surface area contributed by atoms with Crippen molar-refractivity contribution in [1.29, 1.82) is 0 Å². The van der Waals surface area contributed by atoms with E-state index in [2.05, 4.69) is 15.3 Å². The van der Waals surface area contributed by atoms with E-state index in [1.807, 2.05) is 19.9 Å². The summed E-state index contributed by atoms with van der Waals surface area (Å²) in [5, 5.41) is 2.57. The monoisotopic (exact) mass is 449 g/mol. The molecule has 0 atom stereocenters. The second kappa shape index (κ2) is 8.49. The fourth-order valence-electron chi connectivity index (χ4n) is 2.61. The van der Waals surface area contributed by atoms with Crippen LogP contribution >= 0.6 is 23.2 Å². The van der Waals surface area contributed by atoms with Crippen molar-refractivity contribution in [2.24, 2.45) is 0 Å². The van der Waals surface area contributed by atoms with Crippen molar-refractivity contribution < 1.29 is 13.2 Å². The van der Waals surface area contributed by atoms with Crippen LogP contribution in [0.25, 0.3) is 0 Å². The fraction of sp³-hybridized carbons (Fsp3) is 0.150. The molecule has 0 aliphatic heterocycles. The molecule has 0 aliphatic rings. The molecule has 1 N–H and O–H groups in total. The molecule has 2 aromatic carbocycles. The third-order valence-electron chi connectivity index (χ3n) is 4.08. The van der Waals surface area contributed by atoms with Crippen molar-refractivity contribution in [2.45, 2.75) is 24.8 Å². The number of halogens is 2. The van der Waals surface area contributed by atoms with E-state index in [1.54, 1.807) is 36.4 Å². The molecule has 9 heteroatoms. The number of rotatable bonds is 5. The van der Waals surface area contributed by atoms with Crippen LogP contribution in [-0.4, -0.2) is 24.3 Å². The standard InChI is InChI=1S/C20H17Cl2N3O3S/c1-12-4-3-5-14(8-12)11-29(27,28)20-23-10-17(22)18(25-20)19(26)24-15-7-6-13(2)16(21)9-15/h3-10H,11H2,1-2H3,(H,24,26). The molecule has 3 rings (SSSR count). The number of carbonyl (C=O) groups excluding carboxylic acids is 1. The Hall–Kier alpha value is -2.48. The van der Waals surface area contributed by atoms with Gasteiger partial charge in [-0.1, -0.05) is 59.1 Å². The smallest absolute Gasteiger partial charge is 0.275 e. The zero-order valence-corrected chi connectivity index (χ0v) is 17.9. The average Bonchev–Trinajstić information content (AvgIpc) is 2.64. The van der Waals surface area contributed by atoms with E-state index in [1.165, 1.54) is 0 Å². The van der Waals surface area contributed by atoms with Crippen molar-refractivity contribution in [3.05, 3.63) is 81.1 Å². The predicted octanol–water partition coefficient (Wildman–Crippen LogP) is 4.63. The van der Waals surface area contributed by atoms with Gasteiger partial charge >= 0.3 is 0 Å². The minimum absolute atomic E-state index is 0.0600. The summed E-state index contributed by atoms with van der Waals surface area (Å²) in [5.41, 5.74) is 2.59. The lowest BCUT2D eigenvalue weighted by Crippen LogP contribution is -2.18. The summed E-state index contributed by atoms with van der Waals surface area (Å²) in [5.74, 6) is -0.949. The SMILES string of the molecule is Cc1cccc(CS(=O)(=O)c2ncc(Cl)c(C(=O)Nc3ccc(C)c(Cl)c3)n2)c1. The Morgan fingerprint density at radius 2 is 1.83 bits per heavy atom. The van der Waals surface area contributed by atoms with E-state index in [-0.39, 0.29) is 16.5 Å². The highest BCUT2D eigenvalue weighted by Crippen LogP contribution is 2.22. The maximum atomic E-state index is 12.7. The van der Waals surface area contributed by atoms with Gasteiger partial charge in [0.2, 0.25) is 15.0 Å². The van der Waals surface area contributed by atoms with Crippen LogP contribution in [0, 0.1) is 13.8 Å². The Balaban J connectivity index is 1.88. The number of benzene rings is 2. The van der Waals surface area contributed by atoms with E-state index < -0.39 is 20.9 Å². The van der Waals surface area contributed by atoms with Crippen molar-refractivity contribution in [2.75, 3.05) is 5.32 Å². The Kier molecular flexibility index (Phi) is 6.21. The first-order valence-corrected chi connectivity index (χ1v) is 10.9. The number of aryl methyl sites for hydroxylation is 2. The largest absolute Gasteiger partial charge is 0.321 e. The third-order valence-corrected chi connectivity index (χ3v) is 6.23. The van der Waals surface area contributed by atoms with E-state index in [0.29, 0.717) is 16.3 Å². The second-order valence-electron chi connectivity index (χ2n) is 6.52. The van der Waals surface area contributed by atoms with E-state index >= 15 is 0 Å². The lowest BCUT2D eigenvalue weighted by Gasteiger charge is -2.09. The second-order valence-corrected chi connectivity index (χ2v) is 9.21. The molecule has 1 heterocycles. The van der Waals surface area contributed by atoms with Gasteiger partial charge < -0.3 is 5.32 Å². The van der Waals surface area contributed by atoms with Crippen LogP contribution in [0.1, 0.15) is 27.2 Å². The summed E-state index contributed by atoms with van der Waals surface area (Å²) in [4.78, 5) is 20.3. The topological polar surface area (TPSA) is 89.0 Å². The normalized spacial score (nSPS) is 11.3. The van der Waals surface area contributed by atoms with Gasteiger partial charge in [0.05, 0.1) is 17.0 Å². The van der Waals surface area contributed by atoms with Crippen LogP contribution in [0.4, 0.5) is 5.69 Å². The summed E-state index contributed by atoms with van der Waals surface area (Å²) in [6.07, 6.45) is 1.11. The summed E-state index contributed by atoms with van der Waals surface area (Å²) in [6, 6.07) is 12.1. The molecule has 1 aromatic heterocycles. The number of anilines is 1. The number of amides is 1. The number of hydrogen-bond acceptors (Lipinski definition) is 5. The van der Waals surface area contributed by atoms with Gasteiger partial charge in [0.15, 0.2) is 5.69 Å². The molecule has 6 nitrogen and oxygen atoms in total. The van der Waals surface area contributed by atoms with Crippen LogP contribution in [0.15, 0.2) is 53.8 Å². The number of nitrogens with zero attached hydrogens (tertiary/aromatic N) is 2. The van der Waals surface area contributed by atoms with E-state index in [0.717, 1.165) is 17.3 Å². The highest BCUT2D eigenvalue weighted by molar-refractivity contribution is 7.90. The van der Waals surface area contributed by atoms with Gasteiger partial charge in [0.1, 0.15) is 0 Å². The Morgan fingerprint density at radius 1 is 1.07 bits per heavy atom. The minimum atomic E-state index is -3.87. The van der Waals surface area contributed by atoms with Crippen molar-refractivity contribution in [1.82, 2.24) is 9.97 Å². The van der Waals surface area contributed by atoms with Crippen molar-refractivity contribution in [3.63, 3.8) is 0 Å². The van der Waals surface area contributed by atoms with Gasteiger partial charge in [-0.3, -0.25) is 4.79 Å². The maximum Gasteiger partial charge on any atom is 0.275 e. The molecule has 3 aromatic rings. The predicted molar refractivity (Wildman–Crippen MR) is 113 cm³/mol. The molecule has 29 heavy (non-hydrogen) atoms. The summed E-state index contributed by atoms with van der Waals surface area (Å²) >= 11 is 12.1. The lowest BCUT2D eigenvalue weighted by molar-refractivity contribution is 0.102. The van der Waals surface area contributed by atoms with E-state index in [9.17, 15) is 13.2 Å². The highest BCUT2D eigenvalue weighted by Gasteiger charge is 2.23. The molecule has 0 saturated carbocycles. The zero-order valence-electron chi connectivity index (χ0n) is 15.6. The first kappa shape index (κ1) is 21.2. The molecular formula is C20H17Cl2N3O3S. The van der Waals surface area contributed by atoms with Crippen LogP contribution < -0.4 is 5.32 Å². The lowest BCUT2D eigenvalue weighted by atomic mass is 10.2. The van der Waals surface area contributed by atoms with Gasteiger partial charge in [-0.05, 0) is 37.1 Å². The molecule has 0 aliphatic carbocycles. The van der Waals surface area contributed by atoms with Crippen LogP contribution in [0.5, 0.6) is 0 Å². The van der Waals surface area contributed by atoms with Crippen LogP contribution in [0.3, 0.4) is 0 Å². The number of nitrogens with one attached hydrogen (secondary N) is 1. The molecule has 0 radical (unpaired) electrons. The molecule has 1 amide bonds. The van der Waals surface area contributed by atoms with Gasteiger partial charge in [0.25, 0.3) is 5.91 Å². The van der Waals surface area contributed by atoms with Crippen LogP contribution in [-0.2, 0) is 15.6 Å². The fourth-order valence-corrected chi connectivity index (χ4v) is 4.16. The maximum absolute atomic E-state index is 12.7. The molecule has 0 unspecified atom stereocenters. The summed E-state index contributed by atoms with van der Waals surface area (Å²) in [6.45, 7) is 3.70. The molecule has 0 bridgehead atoms. The average molecular weight is 450 g/mol. The molecule has 0 saturated heterocycles. The van der Waals surface area contributed by atoms with Crippen molar-refractivity contribution >= 4 is 44.6 Å². The first-order valence-electron chi connectivity index (χ1n) is 8.54. The highest BCUT2D eigenvalue weighted by atomic mass is 35.5. The van der Waals surface area contributed by atoms with Gasteiger partial charge in [-0.25, -0.2) is 18.4 Å². The van der Waals surface area contributed by atoms with Gasteiger partial charge in [-0.2, -0.15) is 0 Å². The quantitative estimate of drug-likeness (QED) is 0.573. The summed E-state index contributed by atoms with van der Waals surface area (Å²) < 4.78 is 25.4. The van der Waals surface area contributed by atoms with Crippen molar-refractivity contribution in [3.8, 4) is 0 Å². The summed E-state index contributed by atoms with van der Waals surface area (Å²) in [7, 11) is -3.87. The van der Waals surface area contributed by atoms with E-state index in [4.69, 9.17) is 23.2 Å². The van der Waals surface area contributed by atoms with Gasteiger partial charge in [0, 0.05) is 10.7 Å². The third kappa shape index (κ3) is 5.12. The molecule has 150 valence electrons. The zero-order chi connectivity index (χ0) is 21.2. The Labute approximate surface area is 178 Å². The first-order chi connectivity index (χ1) is 13.7. The Bertz CT molecular complexity index is 1200. The number of sulfone groups is 1. The number of aromatic nitrogens is 2. The number of carbonyl (C=O) groups is 1. The Morgan fingerprint density at radius 3 is 2.52 bits per heavy atom. The molecular weight excluding hydrogens is 433 g/mol.